The largest absolute Gasteiger partial charge is 0.468 e. The van der Waals surface area contributed by atoms with Gasteiger partial charge in [-0.15, -0.1) is 10.2 Å². The predicted octanol–water partition coefficient (Wildman–Crippen LogP) is 0.226. The number of nitrogens with one attached hydrogen (secondary N) is 1. The molecule has 0 aliphatic rings. The molecule has 1 amide bonds. The molecule has 0 unspecified atom stereocenters. The summed E-state index contributed by atoms with van der Waals surface area (Å²) in [4.78, 5) is 24.4. The van der Waals surface area contributed by atoms with E-state index in [9.17, 15) is 9.59 Å². The maximum atomic E-state index is 11.3. The molecule has 0 aliphatic carbocycles. The van der Waals surface area contributed by atoms with E-state index in [0.29, 0.717) is 12.4 Å². The Balaban J connectivity index is 2.84. The van der Waals surface area contributed by atoms with Gasteiger partial charge in [0.15, 0.2) is 11.5 Å². The Kier molecular flexibility index (Phi) is 5.72. The van der Waals surface area contributed by atoms with E-state index in [1.807, 2.05) is 6.92 Å². The minimum Gasteiger partial charge on any atom is -0.468 e. The summed E-state index contributed by atoms with van der Waals surface area (Å²) in [5.74, 6) is -0.0976. The van der Waals surface area contributed by atoms with Crippen LogP contribution >= 0.6 is 0 Å². The molecule has 0 atom stereocenters. The zero-order chi connectivity index (χ0) is 14.3. The van der Waals surface area contributed by atoms with E-state index in [1.54, 1.807) is 17.0 Å². The minimum atomic E-state index is -0.342. The molecule has 19 heavy (non-hydrogen) atoms. The molecule has 0 bridgehead atoms. The zero-order valence-corrected chi connectivity index (χ0v) is 11.3. The number of esters is 1. The Morgan fingerprint density at radius 2 is 2.11 bits per heavy atom. The van der Waals surface area contributed by atoms with Crippen LogP contribution in [0.3, 0.4) is 0 Å². The quantitative estimate of drug-likeness (QED) is 0.742. The molecule has 104 valence electrons. The summed E-state index contributed by atoms with van der Waals surface area (Å²) >= 11 is 0. The minimum absolute atomic E-state index is 0.109. The third-order valence-corrected chi connectivity index (χ3v) is 2.48. The lowest BCUT2D eigenvalue weighted by Gasteiger charge is -2.21. The summed E-state index contributed by atoms with van der Waals surface area (Å²) in [5.41, 5.74) is 0.237. The van der Waals surface area contributed by atoms with E-state index in [2.05, 4.69) is 20.3 Å². The average Bonchev–Trinajstić information content (AvgIpc) is 2.46. The van der Waals surface area contributed by atoms with Gasteiger partial charge in [0, 0.05) is 13.6 Å². The summed E-state index contributed by atoms with van der Waals surface area (Å²) in [6.07, 6.45) is 0.857. The molecular formula is C12H18N4O3. The van der Waals surface area contributed by atoms with Crippen molar-refractivity contribution in [1.82, 2.24) is 15.5 Å². The Morgan fingerprint density at radius 1 is 1.37 bits per heavy atom. The van der Waals surface area contributed by atoms with E-state index in [-0.39, 0.29) is 24.1 Å². The monoisotopic (exact) mass is 266 g/mol. The SMILES string of the molecule is CCCN(CC(=O)OC)c1ccc(C(=O)NC)nn1. The average molecular weight is 266 g/mol. The van der Waals surface area contributed by atoms with Crippen LogP contribution in [-0.2, 0) is 9.53 Å². The normalized spacial score (nSPS) is 9.84. The molecule has 7 heteroatoms. The van der Waals surface area contributed by atoms with Crippen molar-refractivity contribution in [2.75, 3.05) is 32.1 Å². The van der Waals surface area contributed by atoms with Gasteiger partial charge in [-0.2, -0.15) is 0 Å². The molecule has 0 saturated carbocycles. The molecular weight excluding hydrogens is 248 g/mol. The van der Waals surface area contributed by atoms with Crippen molar-refractivity contribution in [3.05, 3.63) is 17.8 Å². The number of aromatic nitrogens is 2. The second kappa shape index (κ2) is 7.30. The molecule has 0 aromatic carbocycles. The molecule has 1 heterocycles. The molecule has 0 aliphatic heterocycles. The Labute approximate surface area is 112 Å². The number of ether oxygens (including phenoxy) is 1. The third-order valence-electron chi connectivity index (χ3n) is 2.48. The van der Waals surface area contributed by atoms with Crippen molar-refractivity contribution in [3.63, 3.8) is 0 Å². The van der Waals surface area contributed by atoms with Gasteiger partial charge in [-0.1, -0.05) is 6.92 Å². The fourth-order valence-electron chi connectivity index (χ4n) is 1.51. The number of rotatable bonds is 6. The summed E-state index contributed by atoms with van der Waals surface area (Å²) in [6.45, 7) is 2.76. The number of hydrogen-bond acceptors (Lipinski definition) is 6. The van der Waals surface area contributed by atoms with Gasteiger partial charge in [0.25, 0.3) is 5.91 Å². The highest BCUT2D eigenvalue weighted by Crippen LogP contribution is 2.10. The highest BCUT2D eigenvalue weighted by atomic mass is 16.5. The Hall–Kier alpha value is -2.18. The standard InChI is InChI=1S/C12H18N4O3/c1-4-7-16(8-11(17)19-3)10-6-5-9(14-15-10)12(18)13-2/h5-6H,4,7-8H2,1-3H3,(H,13,18). The van der Waals surface area contributed by atoms with Gasteiger partial charge in [-0.05, 0) is 18.6 Å². The van der Waals surface area contributed by atoms with Crippen LogP contribution in [0.4, 0.5) is 5.82 Å². The van der Waals surface area contributed by atoms with Crippen molar-refractivity contribution in [1.29, 1.82) is 0 Å². The van der Waals surface area contributed by atoms with Crippen LogP contribution in [0, 0.1) is 0 Å². The number of anilines is 1. The van der Waals surface area contributed by atoms with E-state index in [4.69, 9.17) is 0 Å². The molecule has 1 N–H and O–H groups in total. The molecule has 1 aromatic rings. The first-order valence-corrected chi connectivity index (χ1v) is 6.00. The summed E-state index contributed by atoms with van der Waals surface area (Å²) < 4.78 is 4.63. The van der Waals surface area contributed by atoms with Gasteiger partial charge in [0.05, 0.1) is 7.11 Å². The topological polar surface area (TPSA) is 84.4 Å². The van der Waals surface area contributed by atoms with Crippen LogP contribution in [-0.4, -0.2) is 49.3 Å². The van der Waals surface area contributed by atoms with Crippen molar-refractivity contribution < 1.29 is 14.3 Å². The van der Waals surface area contributed by atoms with Gasteiger partial charge in [-0.25, -0.2) is 0 Å². The molecule has 0 radical (unpaired) electrons. The van der Waals surface area contributed by atoms with Crippen LogP contribution in [0.15, 0.2) is 12.1 Å². The van der Waals surface area contributed by atoms with Gasteiger partial charge in [0.2, 0.25) is 0 Å². The van der Waals surface area contributed by atoms with Crippen molar-refractivity contribution in [2.45, 2.75) is 13.3 Å². The number of carbonyl (C=O) groups excluding carboxylic acids is 2. The van der Waals surface area contributed by atoms with Gasteiger partial charge in [-0.3, -0.25) is 9.59 Å². The highest BCUT2D eigenvalue weighted by molar-refractivity contribution is 5.91. The maximum absolute atomic E-state index is 11.3. The van der Waals surface area contributed by atoms with E-state index in [1.165, 1.54) is 14.2 Å². The lowest BCUT2D eigenvalue weighted by Crippen LogP contribution is -2.32. The number of carbonyl (C=O) groups is 2. The fraction of sp³-hybridized carbons (Fsp3) is 0.500. The first-order chi connectivity index (χ1) is 9.12. The number of nitrogens with zero attached hydrogens (tertiary/aromatic N) is 3. The predicted molar refractivity (Wildman–Crippen MR) is 69.9 cm³/mol. The molecule has 1 aromatic heterocycles. The smallest absolute Gasteiger partial charge is 0.325 e. The molecule has 0 fully saturated rings. The molecule has 0 saturated heterocycles. The lowest BCUT2D eigenvalue weighted by atomic mass is 10.3. The zero-order valence-electron chi connectivity index (χ0n) is 11.3. The Morgan fingerprint density at radius 3 is 2.58 bits per heavy atom. The number of hydrogen-bond donors (Lipinski definition) is 1. The van der Waals surface area contributed by atoms with E-state index in [0.717, 1.165) is 6.42 Å². The first kappa shape index (κ1) is 14.9. The maximum Gasteiger partial charge on any atom is 0.325 e. The molecule has 1 rings (SSSR count). The number of methoxy groups -OCH3 is 1. The van der Waals surface area contributed by atoms with Crippen LogP contribution in [0.25, 0.3) is 0 Å². The van der Waals surface area contributed by atoms with Crippen LogP contribution in [0.2, 0.25) is 0 Å². The lowest BCUT2D eigenvalue weighted by molar-refractivity contribution is -0.138. The van der Waals surface area contributed by atoms with E-state index < -0.39 is 0 Å². The molecule has 0 spiro atoms. The highest BCUT2D eigenvalue weighted by Gasteiger charge is 2.14. The second-order valence-corrected chi connectivity index (χ2v) is 3.85. The fourth-order valence-corrected chi connectivity index (χ4v) is 1.51. The van der Waals surface area contributed by atoms with Crippen LogP contribution in [0.5, 0.6) is 0 Å². The van der Waals surface area contributed by atoms with E-state index >= 15 is 0 Å². The summed E-state index contributed by atoms with van der Waals surface area (Å²) in [6, 6.07) is 3.23. The summed E-state index contributed by atoms with van der Waals surface area (Å²) in [5, 5.41) is 10.3. The Bertz CT molecular complexity index is 433. The van der Waals surface area contributed by atoms with Crippen LogP contribution in [0.1, 0.15) is 23.8 Å². The first-order valence-electron chi connectivity index (χ1n) is 6.00. The van der Waals surface area contributed by atoms with Gasteiger partial charge >= 0.3 is 5.97 Å². The van der Waals surface area contributed by atoms with Crippen molar-refractivity contribution in [3.8, 4) is 0 Å². The van der Waals surface area contributed by atoms with Gasteiger partial charge in [0.1, 0.15) is 6.54 Å². The van der Waals surface area contributed by atoms with Crippen molar-refractivity contribution in [2.24, 2.45) is 0 Å². The molecule has 7 nitrogen and oxygen atoms in total. The van der Waals surface area contributed by atoms with Gasteiger partial charge < -0.3 is 15.0 Å². The van der Waals surface area contributed by atoms with Crippen LogP contribution < -0.4 is 10.2 Å². The van der Waals surface area contributed by atoms with Crippen molar-refractivity contribution >= 4 is 17.7 Å². The summed E-state index contributed by atoms with van der Waals surface area (Å²) in [7, 11) is 2.87. The number of amides is 1. The third kappa shape index (κ3) is 4.20. The second-order valence-electron chi connectivity index (χ2n) is 3.85.